The SMILES string of the molecule is C1=NCCO1.O=CO. The molecule has 4 nitrogen and oxygen atoms in total. The summed E-state index contributed by atoms with van der Waals surface area (Å²) in [5.74, 6) is 0. The third-order valence-electron chi connectivity index (χ3n) is 0.487. The normalized spacial score (nSPS) is 13.5. The van der Waals surface area contributed by atoms with Gasteiger partial charge >= 0.3 is 0 Å². The molecule has 1 aliphatic heterocycles. The molecule has 0 unspecified atom stereocenters. The monoisotopic (exact) mass is 117 g/mol. The van der Waals surface area contributed by atoms with Gasteiger partial charge < -0.3 is 9.84 Å². The van der Waals surface area contributed by atoms with Crippen LogP contribution in [0.3, 0.4) is 0 Å². The molecule has 8 heavy (non-hydrogen) atoms. The highest BCUT2D eigenvalue weighted by Crippen LogP contribution is 1.78. The van der Waals surface area contributed by atoms with Gasteiger partial charge in [-0.25, -0.2) is 0 Å². The van der Waals surface area contributed by atoms with Crippen LogP contribution in [0, 0.1) is 0 Å². The summed E-state index contributed by atoms with van der Waals surface area (Å²) in [5, 5.41) is 6.89. The zero-order valence-electron chi connectivity index (χ0n) is 4.28. The van der Waals surface area contributed by atoms with Crippen molar-refractivity contribution in [3.8, 4) is 0 Å². The Labute approximate surface area is 46.8 Å². The first-order chi connectivity index (χ1) is 3.91. The van der Waals surface area contributed by atoms with Gasteiger partial charge in [0.1, 0.15) is 6.61 Å². The highest BCUT2D eigenvalue weighted by Gasteiger charge is 1.84. The number of carboxylic acid groups (broad SMARTS) is 1. The van der Waals surface area contributed by atoms with E-state index in [1.807, 2.05) is 0 Å². The molecule has 0 amide bonds. The summed E-state index contributed by atoms with van der Waals surface area (Å²) >= 11 is 0. The molecule has 0 aromatic heterocycles. The molecule has 0 saturated carbocycles. The molecule has 0 atom stereocenters. The van der Waals surface area contributed by atoms with E-state index in [0.29, 0.717) is 0 Å². The minimum atomic E-state index is -0.250. The minimum Gasteiger partial charge on any atom is -0.483 e. The first-order valence-corrected chi connectivity index (χ1v) is 2.09. The predicted octanol–water partition coefficient (Wildman–Crippen LogP) is -0.254. The molecule has 1 heterocycles. The highest BCUT2D eigenvalue weighted by atomic mass is 16.5. The van der Waals surface area contributed by atoms with Gasteiger partial charge in [-0.05, 0) is 0 Å². The molecular weight excluding hydrogens is 110 g/mol. The number of hydrogen-bond acceptors (Lipinski definition) is 3. The zero-order valence-corrected chi connectivity index (χ0v) is 4.28. The van der Waals surface area contributed by atoms with Crippen molar-refractivity contribution in [2.75, 3.05) is 13.2 Å². The standard InChI is InChI=1S/C3H5NO.CH2O2/c1-2-5-3-4-1;2-1-3/h3H,1-2H2;1H,(H,2,3). The Morgan fingerprint density at radius 2 is 2.50 bits per heavy atom. The summed E-state index contributed by atoms with van der Waals surface area (Å²) in [6.45, 7) is 1.38. The van der Waals surface area contributed by atoms with Gasteiger partial charge in [0.25, 0.3) is 6.47 Å². The average molecular weight is 117 g/mol. The largest absolute Gasteiger partial charge is 0.483 e. The molecule has 4 heteroatoms. The Hall–Kier alpha value is -1.06. The third kappa shape index (κ3) is 4.94. The van der Waals surface area contributed by atoms with Crippen LogP contribution in [0.15, 0.2) is 4.99 Å². The van der Waals surface area contributed by atoms with Gasteiger partial charge in [-0.3, -0.25) is 9.79 Å². The first-order valence-electron chi connectivity index (χ1n) is 2.09. The maximum atomic E-state index is 8.36. The molecule has 0 spiro atoms. The van der Waals surface area contributed by atoms with E-state index < -0.39 is 0 Å². The Morgan fingerprint density at radius 3 is 2.62 bits per heavy atom. The molecule has 0 aromatic rings. The maximum Gasteiger partial charge on any atom is 0.290 e. The summed E-state index contributed by atoms with van der Waals surface area (Å²) < 4.78 is 4.65. The fraction of sp³-hybridized carbons (Fsp3) is 0.500. The number of hydrogen-bond donors (Lipinski definition) is 1. The Balaban J connectivity index is 0.000000145. The van der Waals surface area contributed by atoms with E-state index in [0.717, 1.165) is 13.2 Å². The van der Waals surface area contributed by atoms with E-state index in [1.54, 1.807) is 0 Å². The number of aliphatic imine (C=N–C) groups is 1. The molecule has 1 aliphatic rings. The Kier molecular flexibility index (Phi) is 5.15. The lowest BCUT2D eigenvalue weighted by atomic mass is 10.8. The second kappa shape index (κ2) is 5.94. The third-order valence-corrected chi connectivity index (χ3v) is 0.487. The average Bonchev–Trinajstić information content (AvgIpc) is 2.17. The van der Waals surface area contributed by atoms with Crippen molar-refractivity contribution >= 4 is 12.9 Å². The molecule has 0 bridgehead atoms. The fourth-order valence-corrected chi connectivity index (χ4v) is 0.264. The molecule has 0 aromatic carbocycles. The summed E-state index contributed by atoms with van der Waals surface area (Å²) in [5.41, 5.74) is 0. The van der Waals surface area contributed by atoms with Gasteiger partial charge in [-0.15, -0.1) is 0 Å². The maximum absolute atomic E-state index is 8.36. The summed E-state index contributed by atoms with van der Waals surface area (Å²) in [6.07, 6.45) is 1.49. The molecule has 0 fully saturated rings. The van der Waals surface area contributed by atoms with Crippen molar-refractivity contribution in [2.45, 2.75) is 0 Å². The van der Waals surface area contributed by atoms with E-state index in [1.165, 1.54) is 6.40 Å². The van der Waals surface area contributed by atoms with Gasteiger partial charge in [0.05, 0.1) is 6.54 Å². The molecule has 1 rings (SSSR count). The first kappa shape index (κ1) is 6.94. The lowest BCUT2D eigenvalue weighted by molar-refractivity contribution is -0.122. The van der Waals surface area contributed by atoms with E-state index in [9.17, 15) is 0 Å². The lowest BCUT2D eigenvalue weighted by Crippen LogP contribution is -1.80. The van der Waals surface area contributed by atoms with Gasteiger partial charge in [-0.1, -0.05) is 0 Å². The summed E-state index contributed by atoms with van der Waals surface area (Å²) in [4.78, 5) is 12.1. The zero-order chi connectivity index (χ0) is 6.24. The van der Waals surface area contributed by atoms with Crippen molar-refractivity contribution in [3.63, 3.8) is 0 Å². The van der Waals surface area contributed by atoms with Crippen molar-refractivity contribution < 1.29 is 14.6 Å². The van der Waals surface area contributed by atoms with Gasteiger partial charge in [0.15, 0.2) is 6.40 Å². The van der Waals surface area contributed by atoms with Crippen LogP contribution in [0.25, 0.3) is 0 Å². The van der Waals surface area contributed by atoms with Crippen LogP contribution in [-0.4, -0.2) is 31.1 Å². The van der Waals surface area contributed by atoms with Crippen LogP contribution in [0.2, 0.25) is 0 Å². The van der Waals surface area contributed by atoms with E-state index in [2.05, 4.69) is 9.73 Å². The Morgan fingerprint density at radius 1 is 1.88 bits per heavy atom. The summed E-state index contributed by atoms with van der Waals surface area (Å²) in [7, 11) is 0. The van der Waals surface area contributed by atoms with Crippen molar-refractivity contribution in [1.82, 2.24) is 0 Å². The molecule has 0 saturated heterocycles. The van der Waals surface area contributed by atoms with Crippen LogP contribution in [0.5, 0.6) is 0 Å². The molecule has 0 radical (unpaired) electrons. The van der Waals surface area contributed by atoms with Crippen LogP contribution in [-0.2, 0) is 9.53 Å². The highest BCUT2D eigenvalue weighted by molar-refractivity contribution is 5.47. The van der Waals surface area contributed by atoms with Crippen LogP contribution in [0.4, 0.5) is 0 Å². The lowest BCUT2D eigenvalue weighted by Gasteiger charge is -1.76. The van der Waals surface area contributed by atoms with Gasteiger partial charge in [0.2, 0.25) is 0 Å². The predicted molar refractivity (Wildman–Crippen MR) is 28.0 cm³/mol. The number of rotatable bonds is 0. The number of ether oxygens (including phenoxy) is 1. The second-order valence-electron chi connectivity index (χ2n) is 0.988. The van der Waals surface area contributed by atoms with Crippen molar-refractivity contribution in [1.29, 1.82) is 0 Å². The van der Waals surface area contributed by atoms with Gasteiger partial charge in [-0.2, -0.15) is 0 Å². The molecular formula is C4H7NO3. The quantitative estimate of drug-likeness (QED) is 0.445. The van der Waals surface area contributed by atoms with Crippen molar-refractivity contribution in [2.24, 2.45) is 4.99 Å². The van der Waals surface area contributed by atoms with Gasteiger partial charge in [0, 0.05) is 0 Å². The van der Waals surface area contributed by atoms with E-state index >= 15 is 0 Å². The van der Waals surface area contributed by atoms with E-state index in [4.69, 9.17) is 9.90 Å². The van der Waals surface area contributed by atoms with Crippen LogP contribution >= 0.6 is 0 Å². The summed E-state index contributed by atoms with van der Waals surface area (Å²) in [6, 6.07) is 0. The smallest absolute Gasteiger partial charge is 0.290 e. The van der Waals surface area contributed by atoms with Crippen LogP contribution in [0.1, 0.15) is 0 Å². The van der Waals surface area contributed by atoms with E-state index in [-0.39, 0.29) is 6.47 Å². The molecule has 46 valence electrons. The minimum absolute atomic E-state index is 0.250. The number of nitrogens with zero attached hydrogens (tertiary/aromatic N) is 1. The topological polar surface area (TPSA) is 58.9 Å². The number of carbonyl (C=O) groups is 1. The second-order valence-corrected chi connectivity index (χ2v) is 0.988. The Bertz CT molecular complexity index is 75.4. The fourth-order valence-electron chi connectivity index (χ4n) is 0.264. The van der Waals surface area contributed by atoms with Crippen LogP contribution < -0.4 is 0 Å². The molecule has 0 aliphatic carbocycles. The van der Waals surface area contributed by atoms with Crippen molar-refractivity contribution in [3.05, 3.63) is 0 Å². The molecule has 1 N–H and O–H groups in total.